The molecule has 0 bridgehead atoms. The largest absolute Gasteiger partial charge is 0.459 e. The molecule has 5 heteroatoms. The average molecular weight is 389 g/mol. The van der Waals surface area contributed by atoms with Crippen molar-refractivity contribution in [3.63, 3.8) is 0 Å². The third kappa shape index (κ3) is 4.25. The van der Waals surface area contributed by atoms with Crippen molar-refractivity contribution in [2.75, 3.05) is 18.0 Å². The van der Waals surface area contributed by atoms with Crippen LogP contribution < -0.4 is 10.2 Å². The van der Waals surface area contributed by atoms with Crippen LogP contribution >= 0.6 is 0 Å². The SMILES string of the molecule is CC(c1ccccc1)C(C1CCCNC1)N(C(=O)c1ccco1)c1cccnc1. The van der Waals surface area contributed by atoms with E-state index in [-0.39, 0.29) is 17.9 Å². The predicted octanol–water partition coefficient (Wildman–Crippen LogP) is 4.49. The summed E-state index contributed by atoms with van der Waals surface area (Å²) in [5, 5.41) is 3.52. The van der Waals surface area contributed by atoms with Gasteiger partial charge < -0.3 is 14.6 Å². The van der Waals surface area contributed by atoms with Gasteiger partial charge in [-0.1, -0.05) is 37.3 Å². The molecule has 0 aliphatic carbocycles. The lowest BCUT2D eigenvalue weighted by Crippen LogP contribution is -2.51. The molecule has 1 aliphatic rings. The van der Waals surface area contributed by atoms with Gasteiger partial charge in [-0.3, -0.25) is 9.78 Å². The molecule has 0 radical (unpaired) electrons. The van der Waals surface area contributed by atoms with E-state index in [1.54, 1.807) is 30.8 Å². The van der Waals surface area contributed by atoms with E-state index in [0.29, 0.717) is 11.7 Å². The number of nitrogens with zero attached hydrogens (tertiary/aromatic N) is 2. The lowest BCUT2D eigenvalue weighted by Gasteiger charge is -2.42. The number of carbonyl (C=O) groups excluding carboxylic acids is 1. The minimum Gasteiger partial charge on any atom is -0.459 e. The van der Waals surface area contributed by atoms with E-state index in [1.807, 2.05) is 23.1 Å². The van der Waals surface area contributed by atoms with Crippen molar-refractivity contribution in [1.82, 2.24) is 10.3 Å². The zero-order valence-electron chi connectivity index (χ0n) is 16.7. The molecule has 1 fully saturated rings. The number of hydrogen-bond acceptors (Lipinski definition) is 4. The van der Waals surface area contributed by atoms with Gasteiger partial charge in [0.2, 0.25) is 0 Å². The molecule has 3 atom stereocenters. The quantitative estimate of drug-likeness (QED) is 0.675. The molecular weight excluding hydrogens is 362 g/mol. The molecule has 3 heterocycles. The maximum absolute atomic E-state index is 13.6. The third-order valence-corrected chi connectivity index (χ3v) is 5.83. The van der Waals surface area contributed by atoms with Gasteiger partial charge in [0.25, 0.3) is 5.91 Å². The van der Waals surface area contributed by atoms with E-state index in [9.17, 15) is 4.79 Å². The van der Waals surface area contributed by atoms with E-state index < -0.39 is 0 Å². The molecule has 150 valence electrons. The molecule has 29 heavy (non-hydrogen) atoms. The maximum atomic E-state index is 13.6. The van der Waals surface area contributed by atoms with Crippen LogP contribution in [0, 0.1) is 5.92 Å². The zero-order chi connectivity index (χ0) is 20.1. The monoisotopic (exact) mass is 389 g/mol. The summed E-state index contributed by atoms with van der Waals surface area (Å²) in [6, 6.07) is 17.7. The molecule has 2 aromatic heterocycles. The van der Waals surface area contributed by atoms with Gasteiger partial charge >= 0.3 is 0 Å². The number of pyridine rings is 1. The van der Waals surface area contributed by atoms with Gasteiger partial charge in [-0.05, 0) is 61.7 Å². The molecule has 0 spiro atoms. The number of hydrogen-bond donors (Lipinski definition) is 1. The normalized spacial score (nSPS) is 18.7. The second kappa shape index (κ2) is 9.05. The summed E-state index contributed by atoms with van der Waals surface area (Å²) in [4.78, 5) is 19.8. The predicted molar refractivity (Wildman–Crippen MR) is 114 cm³/mol. The fourth-order valence-electron chi connectivity index (χ4n) is 4.41. The third-order valence-electron chi connectivity index (χ3n) is 5.83. The molecule has 1 N–H and O–H groups in total. The molecule has 3 unspecified atom stereocenters. The standard InChI is InChI=1S/C24H27N3O2/c1-18(19-8-3-2-4-9-19)23(20-10-5-13-25-16-20)27(21-11-6-14-26-17-21)24(28)22-12-7-15-29-22/h2-4,6-9,11-12,14-15,17-18,20,23,25H,5,10,13,16H2,1H3. The van der Waals surface area contributed by atoms with Crippen molar-refractivity contribution in [3.8, 4) is 0 Å². The van der Waals surface area contributed by atoms with Crippen molar-refractivity contribution in [1.29, 1.82) is 0 Å². The minimum absolute atomic E-state index is 0.0213. The second-order valence-electron chi connectivity index (χ2n) is 7.66. The lowest BCUT2D eigenvalue weighted by atomic mass is 9.80. The highest BCUT2D eigenvalue weighted by atomic mass is 16.3. The van der Waals surface area contributed by atoms with Gasteiger partial charge in [-0.15, -0.1) is 0 Å². The Morgan fingerprint density at radius 2 is 2.03 bits per heavy atom. The Balaban J connectivity index is 1.79. The van der Waals surface area contributed by atoms with Gasteiger partial charge in [0.1, 0.15) is 0 Å². The fraction of sp³-hybridized carbons (Fsp3) is 0.333. The van der Waals surface area contributed by atoms with Crippen LogP contribution in [0.4, 0.5) is 5.69 Å². The van der Waals surface area contributed by atoms with Crippen LogP contribution in [0.2, 0.25) is 0 Å². The van der Waals surface area contributed by atoms with Gasteiger partial charge in [0.05, 0.1) is 18.1 Å². The fourth-order valence-corrected chi connectivity index (χ4v) is 4.41. The Bertz CT molecular complexity index is 890. The van der Waals surface area contributed by atoms with E-state index >= 15 is 0 Å². The Kier molecular flexibility index (Phi) is 6.06. The van der Waals surface area contributed by atoms with Crippen LogP contribution in [0.15, 0.2) is 77.7 Å². The number of piperidine rings is 1. The topological polar surface area (TPSA) is 58.4 Å². The number of carbonyl (C=O) groups is 1. The zero-order valence-corrected chi connectivity index (χ0v) is 16.7. The Morgan fingerprint density at radius 3 is 2.69 bits per heavy atom. The van der Waals surface area contributed by atoms with Crippen molar-refractivity contribution >= 4 is 11.6 Å². The average Bonchev–Trinajstić information content (AvgIpc) is 3.33. The highest BCUT2D eigenvalue weighted by Crippen LogP contribution is 2.35. The van der Waals surface area contributed by atoms with Crippen LogP contribution in [0.1, 0.15) is 41.8 Å². The maximum Gasteiger partial charge on any atom is 0.294 e. The number of furan rings is 1. The summed E-state index contributed by atoms with van der Waals surface area (Å²) in [5.74, 6) is 0.711. The van der Waals surface area contributed by atoms with E-state index in [1.165, 1.54) is 5.56 Å². The summed E-state index contributed by atoms with van der Waals surface area (Å²) < 4.78 is 5.49. The van der Waals surface area contributed by atoms with Crippen LogP contribution in [-0.4, -0.2) is 30.0 Å². The van der Waals surface area contributed by atoms with Gasteiger partial charge in [0, 0.05) is 18.2 Å². The first-order chi connectivity index (χ1) is 14.3. The molecule has 4 rings (SSSR count). The number of rotatable bonds is 6. The van der Waals surface area contributed by atoms with Gasteiger partial charge in [0.15, 0.2) is 5.76 Å². The number of benzene rings is 1. The molecule has 1 amide bonds. The van der Waals surface area contributed by atoms with E-state index in [4.69, 9.17) is 4.42 Å². The first kappa shape index (κ1) is 19.4. The molecule has 3 aromatic rings. The highest BCUT2D eigenvalue weighted by Gasteiger charge is 2.38. The Hall–Kier alpha value is -2.92. The molecule has 1 saturated heterocycles. The Labute approximate surface area is 171 Å². The first-order valence-electron chi connectivity index (χ1n) is 10.3. The molecule has 0 saturated carbocycles. The van der Waals surface area contributed by atoms with Crippen LogP contribution in [0.3, 0.4) is 0 Å². The molecule has 1 aliphatic heterocycles. The van der Waals surface area contributed by atoms with Crippen molar-refractivity contribution in [2.45, 2.75) is 31.7 Å². The number of amides is 1. The lowest BCUT2D eigenvalue weighted by molar-refractivity contribution is 0.0930. The summed E-state index contributed by atoms with van der Waals surface area (Å²) in [5.41, 5.74) is 2.02. The van der Waals surface area contributed by atoms with E-state index in [0.717, 1.165) is 31.6 Å². The molecular formula is C24H27N3O2. The van der Waals surface area contributed by atoms with Crippen molar-refractivity contribution < 1.29 is 9.21 Å². The number of aromatic nitrogens is 1. The minimum atomic E-state index is -0.124. The number of nitrogens with one attached hydrogen (secondary N) is 1. The molecule has 1 aromatic carbocycles. The van der Waals surface area contributed by atoms with Crippen molar-refractivity contribution in [3.05, 3.63) is 84.6 Å². The van der Waals surface area contributed by atoms with E-state index in [2.05, 4.69) is 41.5 Å². The summed E-state index contributed by atoms with van der Waals surface area (Å²) >= 11 is 0. The van der Waals surface area contributed by atoms with Crippen LogP contribution in [0.5, 0.6) is 0 Å². The van der Waals surface area contributed by atoms with Crippen LogP contribution in [-0.2, 0) is 0 Å². The number of anilines is 1. The highest BCUT2D eigenvalue weighted by molar-refractivity contribution is 6.04. The van der Waals surface area contributed by atoms with Crippen molar-refractivity contribution in [2.24, 2.45) is 5.92 Å². The summed E-state index contributed by atoms with van der Waals surface area (Å²) in [7, 11) is 0. The van der Waals surface area contributed by atoms with Gasteiger partial charge in [-0.2, -0.15) is 0 Å². The molecule has 5 nitrogen and oxygen atoms in total. The summed E-state index contributed by atoms with van der Waals surface area (Å²) in [6.45, 7) is 4.14. The van der Waals surface area contributed by atoms with Crippen LogP contribution in [0.25, 0.3) is 0 Å². The smallest absolute Gasteiger partial charge is 0.294 e. The van der Waals surface area contributed by atoms with Gasteiger partial charge in [-0.25, -0.2) is 0 Å². The Morgan fingerprint density at radius 1 is 1.17 bits per heavy atom. The first-order valence-corrected chi connectivity index (χ1v) is 10.3. The second-order valence-corrected chi connectivity index (χ2v) is 7.66. The summed E-state index contributed by atoms with van der Waals surface area (Å²) in [6.07, 6.45) is 7.24.